The van der Waals surface area contributed by atoms with E-state index in [1.807, 2.05) is 39.0 Å². The Hall–Kier alpha value is -1.62. The van der Waals surface area contributed by atoms with E-state index in [1.54, 1.807) is 6.07 Å². The van der Waals surface area contributed by atoms with Gasteiger partial charge in [0.05, 0.1) is 0 Å². The summed E-state index contributed by atoms with van der Waals surface area (Å²) >= 11 is 2.45. The van der Waals surface area contributed by atoms with Gasteiger partial charge in [-0.3, -0.25) is 0 Å². The summed E-state index contributed by atoms with van der Waals surface area (Å²) in [4.78, 5) is 11.2. The van der Waals surface area contributed by atoms with Gasteiger partial charge in [0.15, 0.2) is 0 Å². The summed E-state index contributed by atoms with van der Waals surface area (Å²) in [6, 6.07) is 8.73. The number of H-pyrrole nitrogens is 1. The van der Waals surface area contributed by atoms with E-state index < -0.39 is 6.10 Å². The third-order valence-electron chi connectivity index (χ3n) is 3.22. The van der Waals surface area contributed by atoms with Crippen molar-refractivity contribution in [2.45, 2.75) is 32.4 Å². The fourth-order valence-corrected chi connectivity index (χ4v) is 2.41. The normalized spacial score (nSPS) is 12.9. The summed E-state index contributed by atoms with van der Waals surface area (Å²) in [6.07, 6.45) is -0.629. The monoisotopic (exact) mass is 391 g/mol. The third-order valence-corrected chi connectivity index (χ3v) is 3.80. The number of aromatic nitrogens is 2. The zero-order valence-electron chi connectivity index (χ0n) is 14.0. The molecule has 1 aromatic heterocycles. The van der Waals surface area contributed by atoms with Gasteiger partial charge in [-0.15, -0.1) is 0 Å². The van der Waals surface area contributed by atoms with Gasteiger partial charge in [0.2, 0.25) is 0 Å². The van der Waals surface area contributed by atoms with Crippen LogP contribution < -0.4 is 20.0 Å². The molecule has 0 aliphatic heterocycles. The molecule has 2 radical (unpaired) electrons. The molecule has 7 heteroatoms. The minimum atomic E-state index is -0.629. The summed E-state index contributed by atoms with van der Waals surface area (Å²) in [5, 5.41) is 19.8. The van der Waals surface area contributed by atoms with Crippen molar-refractivity contribution < 1.29 is 9.84 Å². The number of hydrogen-bond acceptors (Lipinski definition) is 5. The number of aliphatic hydroxyl groups is 1. The summed E-state index contributed by atoms with van der Waals surface area (Å²) in [6.45, 7) is 6.73. The quantitative estimate of drug-likeness (QED) is 0.619. The van der Waals surface area contributed by atoms with Gasteiger partial charge in [-0.2, -0.15) is 0 Å². The second-order valence-corrected chi connectivity index (χ2v) is 7.67. The predicted molar refractivity (Wildman–Crippen MR) is 94.9 cm³/mol. The number of benzene rings is 1. The number of ether oxygens (including phenoxy) is 1. The zero-order chi connectivity index (χ0) is 17.7. The van der Waals surface area contributed by atoms with Crippen LogP contribution in [-0.4, -0.2) is 57.0 Å². The Balaban J connectivity index is 2.10. The Morgan fingerprint density at radius 1 is 1.33 bits per heavy atom. The molecule has 0 amide bonds. The van der Waals surface area contributed by atoms with Crippen LogP contribution in [0.5, 0.6) is 5.75 Å². The van der Waals surface area contributed by atoms with Crippen molar-refractivity contribution in [1.82, 2.24) is 15.5 Å². The number of aliphatic hydroxyl groups excluding tert-OH is 1. The van der Waals surface area contributed by atoms with E-state index in [4.69, 9.17) is 4.74 Å². The Morgan fingerprint density at radius 2 is 2.08 bits per heavy atom. The molecule has 0 saturated heterocycles. The van der Waals surface area contributed by atoms with E-state index >= 15 is 0 Å². The van der Waals surface area contributed by atoms with E-state index in [-0.39, 0.29) is 17.7 Å². The molecule has 2 rings (SSSR count). The standard InChI is InChI=1S/C17H22AsN3O3/c1-17(2,3)19-9-12(22)10-24-15-8-11(18)4-5-13(15)14-6-7-16(23)21-20-14/h4-8,12,19,22H,9-10H2,1-3H3,(H,21,23). The fourth-order valence-electron chi connectivity index (χ4n) is 2.01. The summed E-state index contributed by atoms with van der Waals surface area (Å²) in [5.74, 6) is 0.613. The maximum absolute atomic E-state index is 11.2. The minimum absolute atomic E-state index is 0.0627. The van der Waals surface area contributed by atoms with Crippen LogP contribution in [0.3, 0.4) is 0 Å². The molecule has 6 nitrogen and oxygen atoms in total. The number of aromatic amines is 1. The number of nitrogens with zero attached hydrogens (tertiary/aromatic N) is 1. The molecular formula is C17H22AsN3O3. The first-order valence-corrected chi connectivity index (χ1v) is 8.63. The molecule has 128 valence electrons. The van der Waals surface area contributed by atoms with E-state index in [0.29, 0.717) is 18.0 Å². The SMILES string of the molecule is CC(C)(C)NCC(O)COc1cc([As])ccc1-c1ccc(=O)[nH]n1. The molecule has 1 aromatic carbocycles. The van der Waals surface area contributed by atoms with Gasteiger partial charge < -0.3 is 0 Å². The summed E-state index contributed by atoms with van der Waals surface area (Å²) in [7, 11) is 0. The van der Waals surface area contributed by atoms with Crippen LogP contribution in [-0.2, 0) is 0 Å². The van der Waals surface area contributed by atoms with Gasteiger partial charge in [0.25, 0.3) is 0 Å². The molecule has 0 bridgehead atoms. The molecule has 0 aliphatic carbocycles. The van der Waals surface area contributed by atoms with Gasteiger partial charge in [-0.25, -0.2) is 0 Å². The molecular weight excluding hydrogens is 369 g/mol. The first kappa shape index (κ1) is 18.7. The Kier molecular flexibility index (Phi) is 6.21. The van der Waals surface area contributed by atoms with Crippen molar-refractivity contribution in [1.29, 1.82) is 0 Å². The summed E-state index contributed by atoms with van der Waals surface area (Å²) < 4.78 is 6.78. The van der Waals surface area contributed by atoms with Crippen LogP contribution in [0.1, 0.15) is 20.8 Å². The average Bonchev–Trinajstić information content (AvgIpc) is 2.51. The fraction of sp³-hybridized carbons (Fsp3) is 0.412. The van der Waals surface area contributed by atoms with Gasteiger partial charge in [0, 0.05) is 0 Å². The number of rotatable bonds is 6. The second-order valence-electron chi connectivity index (χ2n) is 6.58. The number of nitrogens with one attached hydrogen (secondary N) is 2. The predicted octanol–water partition coefficient (Wildman–Crippen LogP) is 0.358. The molecule has 1 heterocycles. The van der Waals surface area contributed by atoms with Crippen molar-refractivity contribution in [3.05, 3.63) is 40.7 Å². The first-order valence-electron chi connectivity index (χ1n) is 7.69. The molecule has 2 aromatic rings. The van der Waals surface area contributed by atoms with Crippen molar-refractivity contribution in [3.8, 4) is 17.0 Å². The first-order chi connectivity index (χ1) is 11.2. The number of hydrogen-bond donors (Lipinski definition) is 3. The topological polar surface area (TPSA) is 87.2 Å². The Bertz CT molecular complexity index is 720. The zero-order valence-corrected chi connectivity index (χ0v) is 15.9. The molecule has 0 fully saturated rings. The molecule has 1 unspecified atom stereocenters. The van der Waals surface area contributed by atoms with Gasteiger partial charge in [-0.05, 0) is 0 Å². The molecule has 0 saturated carbocycles. The Morgan fingerprint density at radius 3 is 2.71 bits per heavy atom. The summed E-state index contributed by atoms with van der Waals surface area (Å²) in [5.41, 5.74) is 1.05. The third kappa shape index (κ3) is 5.78. The van der Waals surface area contributed by atoms with Gasteiger partial charge in [0.1, 0.15) is 0 Å². The van der Waals surface area contributed by atoms with E-state index in [1.165, 1.54) is 6.07 Å². The van der Waals surface area contributed by atoms with Gasteiger partial charge >= 0.3 is 150 Å². The van der Waals surface area contributed by atoms with Crippen molar-refractivity contribution in [3.63, 3.8) is 0 Å². The average molecular weight is 391 g/mol. The van der Waals surface area contributed by atoms with Crippen LogP contribution >= 0.6 is 0 Å². The molecule has 3 N–H and O–H groups in total. The second kappa shape index (κ2) is 7.97. The molecule has 24 heavy (non-hydrogen) atoms. The van der Waals surface area contributed by atoms with Crippen LogP contribution in [0.25, 0.3) is 11.3 Å². The van der Waals surface area contributed by atoms with Crippen molar-refractivity contribution in [2.75, 3.05) is 13.2 Å². The van der Waals surface area contributed by atoms with Crippen LogP contribution in [0.2, 0.25) is 0 Å². The Labute approximate surface area is 150 Å². The van der Waals surface area contributed by atoms with Gasteiger partial charge in [-0.1, -0.05) is 0 Å². The van der Waals surface area contributed by atoms with E-state index in [9.17, 15) is 9.90 Å². The molecule has 1 atom stereocenters. The molecule has 0 aliphatic rings. The van der Waals surface area contributed by atoms with Crippen LogP contribution in [0, 0.1) is 0 Å². The molecule has 0 spiro atoms. The van der Waals surface area contributed by atoms with E-state index in [0.717, 1.165) is 9.91 Å². The van der Waals surface area contributed by atoms with E-state index in [2.05, 4.69) is 32.4 Å². The maximum atomic E-state index is 11.2. The number of β-amino-alcohol motifs (C(OH)–C–C–N with tert-alkyl or cyclic N) is 1. The van der Waals surface area contributed by atoms with Crippen molar-refractivity contribution >= 4 is 21.2 Å². The van der Waals surface area contributed by atoms with Crippen LogP contribution in [0.4, 0.5) is 0 Å². The van der Waals surface area contributed by atoms with Crippen LogP contribution in [0.15, 0.2) is 35.1 Å². The van der Waals surface area contributed by atoms with Crippen molar-refractivity contribution in [2.24, 2.45) is 0 Å².